The van der Waals surface area contributed by atoms with Gasteiger partial charge in [0.05, 0.1) is 0 Å². The molecule has 0 aromatic carbocycles. The largest absolute Gasteiger partial charge is 0.0993 e. The molecule has 0 amide bonds. The lowest BCUT2D eigenvalue weighted by molar-refractivity contribution is 0.243. The van der Waals surface area contributed by atoms with Gasteiger partial charge in [0.1, 0.15) is 0 Å². The molecule has 0 saturated heterocycles. The van der Waals surface area contributed by atoms with E-state index in [2.05, 4.69) is 20.4 Å². The van der Waals surface area contributed by atoms with E-state index in [0.29, 0.717) is 0 Å². The molecule has 0 spiro atoms. The normalized spacial score (nSPS) is 48.7. The van der Waals surface area contributed by atoms with E-state index in [-0.39, 0.29) is 0 Å². The highest BCUT2D eigenvalue weighted by Gasteiger charge is 2.48. The lowest BCUT2D eigenvalue weighted by Crippen LogP contribution is -2.25. The smallest absolute Gasteiger partial charge is 0.0169 e. The van der Waals surface area contributed by atoms with Gasteiger partial charge in [-0.1, -0.05) is 26.0 Å². The predicted molar refractivity (Wildman–Crippen MR) is 64.5 cm³/mol. The molecule has 3 rings (SSSR count). The molecule has 5 atom stereocenters. The Bertz CT molecular complexity index is 276. The maximum absolute atomic E-state index is 4.43. The molecule has 0 aliphatic heterocycles. The molecule has 2 bridgehead atoms. The minimum Gasteiger partial charge on any atom is -0.0993 e. The molecule has 3 fully saturated rings. The third-order valence-corrected chi connectivity index (χ3v) is 5.67. The molecule has 84 valence electrons. The molecule has 3 aliphatic carbocycles. The van der Waals surface area contributed by atoms with Crippen molar-refractivity contribution in [1.29, 1.82) is 0 Å². The first-order valence-corrected chi connectivity index (χ1v) is 6.85. The van der Waals surface area contributed by atoms with E-state index >= 15 is 0 Å². The Morgan fingerprint density at radius 3 is 2.67 bits per heavy atom. The summed E-state index contributed by atoms with van der Waals surface area (Å²) in [7, 11) is 0. The highest BCUT2D eigenvalue weighted by Crippen LogP contribution is 2.58. The van der Waals surface area contributed by atoms with Crippen LogP contribution in [-0.4, -0.2) is 0 Å². The number of rotatable bonds is 1. The molecule has 0 nitrogen and oxygen atoms in total. The summed E-state index contributed by atoms with van der Waals surface area (Å²) in [5, 5.41) is 0. The van der Waals surface area contributed by atoms with E-state index in [4.69, 9.17) is 0 Å². The first-order chi connectivity index (χ1) is 7.16. The minimum absolute atomic E-state index is 0.891. The molecule has 3 saturated carbocycles. The minimum atomic E-state index is 0.891. The SMILES string of the molecule is C=C1[C@H]2CC[C@H](C2)[C@@H]2C[C@@H](C(C)C)C[C@H]12. The maximum Gasteiger partial charge on any atom is -0.0169 e. The van der Waals surface area contributed by atoms with Gasteiger partial charge in [-0.15, -0.1) is 0 Å². The van der Waals surface area contributed by atoms with Crippen molar-refractivity contribution in [3.63, 3.8) is 0 Å². The van der Waals surface area contributed by atoms with Crippen LogP contribution in [0.5, 0.6) is 0 Å². The van der Waals surface area contributed by atoms with Crippen molar-refractivity contribution in [2.45, 2.75) is 46.0 Å². The summed E-state index contributed by atoms with van der Waals surface area (Å²) < 4.78 is 0. The molecule has 0 unspecified atom stereocenters. The summed E-state index contributed by atoms with van der Waals surface area (Å²) in [6.45, 7) is 9.24. The monoisotopic (exact) mass is 204 g/mol. The summed E-state index contributed by atoms with van der Waals surface area (Å²) in [4.78, 5) is 0. The second-order valence-corrected chi connectivity index (χ2v) is 6.59. The van der Waals surface area contributed by atoms with Crippen molar-refractivity contribution in [3.8, 4) is 0 Å². The Morgan fingerprint density at radius 2 is 1.93 bits per heavy atom. The standard InChI is InChI=1S/C15H24/c1-9(2)13-7-14-10(3)11-4-5-12(6-11)15(14)8-13/h9,11-15H,3-8H2,1-2H3/t11-,12+,13-,14+,15-/m0/s1. The van der Waals surface area contributed by atoms with Crippen LogP contribution in [0, 0.1) is 35.5 Å². The molecule has 3 aliphatic rings. The van der Waals surface area contributed by atoms with Crippen LogP contribution >= 0.6 is 0 Å². The van der Waals surface area contributed by atoms with Crippen LogP contribution in [0.3, 0.4) is 0 Å². The Morgan fingerprint density at radius 1 is 1.13 bits per heavy atom. The van der Waals surface area contributed by atoms with Crippen LogP contribution in [-0.2, 0) is 0 Å². The quantitative estimate of drug-likeness (QED) is 0.559. The number of hydrogen-bond donors (Lipinski definition) is 0. The lowest BCUT2D eigenvalue weighted by Gasteiger charge is -2.33. The van der Waals surface area contributed by atoms with Gasteiger partial charge in [-0.05, 0) is 67.6 Å². The zero-order valence-electron chi connectivity index (χ0n) is 10.2. The Hall–Kier alpha value is -0.260. The van der Waals surface area contributed by atoms with Crippen molar-refractivity contribution >= 4 is 0 Å². The van der Waals surface area contributed by atoms with Gasteiger partial charge in [0.25, 0.3) is 0 Å². The second kappa shape index (κ2) is 3.37. The Balaban J connectivity index is 1.82. The molecule has 0 radical (unpaired) electrons. The average molecular weight is 204 g/mol. The van der Waals surface area contributed by atoms with Crippen LogP contribution < -0.4 is 0 Å². The first kappa shape index (κ1) is 9.93. The zero-order chi connectivity index (χ0) is 10.6. The summed E-state index contributed by atoms with van der Waals surface area (Å²) >= 11 is 0. The van der Waals surface area contributed by atoms with Gasteiger partial charge in [-0.3, -0.25) is 0 Å². The second-order valence-electron chi connectivity index (χ2n) is 6.59. The van der Waals surface area contributed by atoms with Gasteiger partial charge in [-0.25, -0.2) is 0 Å². The highest BCUT2D eigenvalue weighted by atomic mass is 14.5. The topological polar surface area (TPSA) is 0 Å². The van der Waals surface area contributed by atoms with Crippen LogP contribution in [0.1, 0.15) is 46.0 Å². The van der Waals surface area contributed by atoms with Crippen molar-refractivity contribution in [3.05, 3.63) is 12.2 Å². The van der Waals surface area contributed by atoms with E-state index in [1.54, 1.807) is 5.57 Å². The number of hydrogen-bond acceptors (Lipinski definition) is 0. The fraction of sp³-hybridized carbons (Fsp3) is 0.867. The summed E-state index contributed by atoms with van der Waals surface area (Å²) in [5.41, 5.74) is 1.65. The average Bonchev–Trinajstić information content (AvgIpc) is 2.81. The zero-order valence-corrected chi connectivity index (χ0v) is 10.2. The first-order valence-electron chi connectivity index (χ1n) is 6.85. The van der Waals surface area contributed by atoms with Crippen LogP contribution in [0.25, 0.3) is 0 Å². The number of fused-ring (bicyclic) bond motifs is 4. The molecular formula is C15H24. The Kier molecular flexibility index (Phi) is 2.23. The molecule has 0 heteroatoms. The van der Waals surface area contributed by atoms with Crippen LogP contribution in [0.4, 0.5) is 0 Å². The van der Waals surface area contributed by atoms with Crippen molar-refractivity contribution < 1.29 is 0 Å². The van der Waals surface area contributed by atoms with Gasteiger partial charge >= 0.3 is 0 Å². The van der Waals surface area contributed by atoms with E-state index in [1.807, 2.05) is 0 Å². The third-order valence-electron chi connectivity index (χ3n) is 5.67. The van der Waals surface area contributed by atoms with Crippen molar-refractivity contribution in [2.24, 2.45) is 35.5 Å². The molecule has 15 heavy (non-hydrogen) atoms. The molecule has 0 heterocycles. The highest BCUT2D eigenvalue weighted by molar-refractivity contribution is 5.18. The summed E-state index contributed by atoms with van der Waals surface area (Å²) in [5.74, 6) is 5.83. The van der Waals surface area contributed by atoms with Crippen LogP contribution in [0.2, 0.25) is 0 Å². The van der Waals surface area contributed by atoms with E-state index < -0.39 is 0 Å². The number of allylic oxidation sites excluding steroid dienone is 1. The fourth-order valence-electron chi connectivity index (χ4n) is 4.65. The molecule has 0 aromatic rings. The Labute approximate surface area is 94.1 Å². The van der Waals surface area contributed by atoms with Gasteiger partial charge in [-0.2, -0.15) is 0 Å². The van der Waals surface area contributed by atoms with Gasteiger partial charge in [0, 0.05) is 0 Å². The summed E-state index contributed by atoms with van der Waals surface area (Å²) in [6, 6.07) is 0. The maximum atomic E-state index is 4.43. The van der Waals surface area contributed by atoms with Gasteiger partial charge in [0.2, 0.25) is 0 Å². The van der Waals surface area contributed by atoms with Crippen molar-refractivity contribution in [1.82, 2.24) is 0 Å². The van der Waals surface area contributed by atoms with E-state index in [9.17, 15) is 0 Å². The molecule has 0 aromatic heterocycles. The van der Waals surface area contributed by atoms with E-state index in [1.165, 1.54) is 32.1 Å². The molecular weight excluding hydrogens is 180 g/mol. The summed E-state index contributed by atoms with van der Waals surface area (Å²) in [6.07, 6.45) is 7.44. The third kappa shape index (κ3) is 1.40. The van der Waals surface area contributed by atoms with Gasteiger partial charge < -0.3 is 0 Å². The molecule has 0 N–H and O–H groups in total. The fourth-order valence-corrected chi connectivity index (χ4v) is 4.65. The van der Waals surface area contributed by atoms with Crippen molar-refractivity contribution in [2.75, 3.05) is 0 Å². The predicted octanol–water partition coefficient (Wildman–Crippen LogP) is 4.27. The van der Waals surface area contributed by atoms with Gasteiger partial charge in [0.15, 0.2) is 0 Å². The van der Waals surface area contributed by atoms with E-state index in [0.717, 1.165) is 35.5 Å². The van der Waals surface area contributed by atoms with Crippen LogP contribution in [0.15, 0.2) is 12.2 Å². The lowest BCUT2D eigenvalue weighted by atomic mass is 9.71.